The molecular formula is C18H27NO3. The summed E-state index contributed by atoms with van der Waals surface area (Å²) in [7, 11) is 0. The number of rotatable bonds is 8. The summed E-state index contributed by atoms with van der Waals surface area (Å²) in [5, 5.41) is 11.9. The van der Waals surface area contributed by atoms with E-state index in [-0.39, 0.29) is 17.9 Å². The standard InChI is InChI=1S/C18H27NO3/c1-14(2)8-11-22-16-7-5-6-15(12-16)17(21)19-13-18(3,4)9-10-20/h5-8,12,20H,9-11,13H2,1-4H3,(H,19,21). The van der Waals surface area contributed by atoms with Crippen LogP contribution in [-0.4, -0.2) is 30.8 Å². The van der Waals surface area contributed by atoms with Gasteiger partial charge < -0.3 is 15.2 Å². The van der Waals surface area contributed by atoms with Crippen molar-refractivity contribution in [1.29, 1.82) is 0 Å². The molecule has 0 fully saturated rings. The molecule has 0 unspecified atom stereocenters. The smallest absolute Gasteiger partial charge is 0.251 e. The van der Waals surface area contributed by atoms with E-state index < -0.39 is 0 Å². The van der Waals surface area contributed by atoms with Crippen molar-refractivity contribution in [3.8, 4) is 5.75 Å². The summed E-state index contributed by atoms with van der Waals surface area (Å²) in [6.07, 6.45) is 2.64. The second-order valence-corrected chi connectivity index (χ2v) is 6.44. The molecule has 4 nitrogen and oxygen atoms in total. The third-order valence-corrected chi connectivity index (χ3v) is 3.35. The number of hydrogen-bond donors (Lipinski definition) is 2. The number of benzene rings is 1. The van der Waals surface area contributed by atoms with Gasteiger partial charge in [-0.05, 0) is 50.0 Å². The zero-order chi connectivity index (χ0) is 16.6. The monoisotopic (exact) mass is 305 g/mol. The predicted molar refractivity (Wildman–Crippen MR) is 89.2 cm³/mol. The van der Waals surface area contributed by atoms with Crippen LogP contribution in [0, 0.1) is 5.41 Å². The quantitative estimate of drug-likeness (QED) is 0.725. The average Bonchev–Trinajstić information content (AvgIpc) is 2.45. The average molecular weight is 305 g/mol. The molecule has 0 saturated heterocycles. The number of nitrogens with one attached hydrogen (secondary N) is 1. The first-order valence-corrected chi connectivity index (χ1v) is 7.59. The number of hydrogen-bond acceptors (Lipinski definition) is 3. The topological polar surface area (TPSA) is 58.6 Å². The van der Waals surface area contributed by atoms with Gasteiger partial charge in [0.05, 0.1) is 0 Å². The Morgan fingerprint density at radius 2 is 2.09 bits per heavy atom. The summed E-state index contributed by atoms with van der Waals surface area (Å²) < 4.78 is 5.60. The molecule has 4 heteroatoms. The molecule has 0 aromatic heterocycles. The van der Waals surface area contributed by atoms with E-state index in [0.29, 0.717) is 30.9 Å². The molecule has 0 aliphatic rings. The first-order chi connectivity index (χ1) is 10.3. The van der Waals surface area contributed by atoms with Gasteiger partial charge in [0.2, 0.25) is 0 Å². The highest BCUT2D eigenvalue weighted by molar-refractivity contribution is 5.94. The van der Waals surface area contributed by atoms with Crippen LogP contribution in [0.4, 0.5) is 0 Å². The first-order valence-electron chi connectivity index (χ1n) is 7.59. The number of carbonyl (C=O) groups is 1. The molecule has 0 radical (unpaired) electrons. The van der Waals surface area contributed by atoms with E-state index in [9.17, 15) is 4.79 Å². The molecule has 0 atom stereocenters. The molecule has 0 heterocycles. The molecule has 0 aliphatic heterocycles. The van der Waals surface area contributed by atoms with Gasteiger partial charge in [-0.1, -0.05) is 25.5 Å². The molecule has 1 aromatic rings. The van der Waals surface area contributed by atoms with Crippen molar-refractivity contribution in [2.24, 2.45) is 5.41 Å². The zero-order valence-corrected chi connectivity index (χ0v) is 14.0. The van der Waals surface area contributed by atoms with Crippen molar-refractivity contribution in [1.82, 2.24) is 5.32 Å². The Labute approximate surface area is 133 Å². The molecule has 0 saturated carbocycles. The van der Waals surface area contributed by atoms with E-state index in [1.165, 1.54) is 5.57 Å². The van der Waals surface area contributed by atoms with Crippen LogP contribution in [0.5, 0.6) is 5.75 Å². The maximum atomic E-state index is 12.2. The molecule has 1 amide bonds. The van der Waals surface area contributed by atoms with Crippen molar-refractivity contribution in [3.63, 3.8) is 0 Å². The van der Waals surface area contributed by atoms with Crippen LogP contribution < -0.4 is 10.1 Å². The molecule has 0 spiro atoms. The minimum absolute atomic E-state index is 0.122. The van der Waals surface area contributed by atoms with Gasteiger partial charge in [-0.3, -0.25) is 4.79 Å². The molecule has 0 bridgehead atoms. The summed E-state index contributed by atoms with van der Waals surface area (Å²) in [5.41, 5.74) is 1.65. The first kappa shape index (κ1) is 18.2. The van der Waals surface area contributed by atoms with Crippen molar-refractivity contribution in [3.05, 3.63) is 41.5 Å². The number of aliphatic hydroxyl groups is 1. The van der Waals surface area contributed by atoms with Crippen LogP contribution in [0.1, 0.15) is 44.5 Å². The van der Waals surface area contributed by atoms with Gasteiger partial charge in [0.1, 0.15) is 12.4 Å². The molecular weight excluding hydrogens is 278 g/mol. The highest BCUT2D eigenvalue weighted by Crippen LogP contribution is 2.19. The van der Waals surface area contributed by atoms with Crippen molar-refractivity contribution >= 4 is 5.91 Å². The molecule has 0 aliphatic carbocycles. The largest absolute Gasteiger partial charge is 0.490 e. The Bertz CT molecular complexity index is 517. The Morgan fingerprint density at radius 3 is 2.73 bits per heavy atom. The number of carbonyl (C=O) groups excluding carboxylic acids is 1. The van der Waals surface area contributed by atoms with E-state index >= 15 is 0 Å². The van der Waals surface area contributed by atoms with Crippen LogP contribution in [0.15, 0.2) is 35.9 Å². The van der Waals surface area contributed by atoms with Gasteiger partial charge in [0, 0.05) is 18.7 Å². The molecule has 22 heavy (non-hydrogen) atoms. The highest BCUT2D eigenvalue weighted by Gasteiger charge is 2.18. The van der Waals surface area contributed by atoms with Crippen molar-refractivity contribution in [2.75, 3.05) is 19.8 Å². The van der Waals surface area contributed by atoms with Crippen LogP contribution in [0.25, 0.3) is 0 Å². The van der Waals surface area contributed by atoms with E-state index in [1.54, 1.807) is 12.1 Å². The fraction of sp³-hybridized carbons (Fsp3) is 0.500. The number of allylic oxidation sites excluding steroid dienone is 1. The van der Waals surface area contributed by atoms with E-state index in [4.69, 9.17) is 9.84 Å². The van der Waals surface area contributed by atoms with Crippen molar-refractivity contribution < 1.29 is 14.6 Å². The predicted octanol–water partition coefficient (Wildman–Crippen LogP) is 3.17. The maximum absolute atomic E-state index is 12.2. The maximum Gasteiger partial charge on any atom is 0.251 e. The number of aliphatic hydroxyl groups excluding tert-OH is 1. The van der Waals surface area contributed by atoms with Crippen LogP contribution in [0.2, 0.25) is 0 Å². The lowest BCUT2D eigenvalue weighted by Crippen LogP contribution is -2.34. The molecule has 1 aromatic carbocycles. The third-order valence-electron chi connectivity index (χ3n) is 3.35. The molecule has 122 valence electrons. The van der Waals surface area contributed by atoms with Crippen LogP contribution in [0.3, 0.4) is 0 Å². The Hall–Kier alpha value is -1.81. The van der Waals surface area contributed by atoms with Crippen LogP contribution >= 0.6 is 0 Å². The van der Waals surface area contributed by atoms with Gasteiger partial charge in [-0.15, -0.1) is 0 Å². The van der Waals surface area contributed by atoms with Gasteiger partial charge in [-0.25, -0.2) is 0 Å². The van der Waals surface area contributed by atoms with Gasteiger partial charge in [0.15, 0.2) is 0 Å². The minimum Gasteiger partial charge on any atom is -0.490 e. The lowest BCUT2D eigenvalue weighted by molar-refractivity contribution is 0.0928. The second kappa shape index (κ2) is 8.59. The fourth-order valence-corrected chi connectivity index (χ4v) is 1.84. The lowest BCUT2D eigenvalue weighted by atomic mass is 9.89. The van der Waals surface area contributed by atoms with Gasteiger partial charge in [0.25, 0.3) is 5.91 Å². The van der Waals surface area contributed by atoms with Gasteiger partial charge >= 0.3 is 0 Å². The normalized spacial score (nSPS) is 11.0. The summed E-state index contributed by atoms with van der Waals surface area (Å²) in [6, 6.07) is 7.16. The van der Waals surface area contributed by atoms with Crippen LogP contribution in [-0.2, 0) is 0 Å². The summed E-state index contributed by atoms with van der Waals surface area (Å²) in [5.74, 6) is 0.554. The van der Waals surface area contributed by atoms with Crippen molar-refractivity contribution in [2.45, 2.75) is 34.1 Å². The van der Waals surface area contributed by atoms with E-state index in [1.807, 2.05) is 45.9 Å². The zero-order valence-electron chi connectivity index (χ0n) is 14.0. The second-order valence-electron chi connectivity index (χ2n) is 6.44. The number of ether oxygens (including phenoxy) is 1. The SMILES string of the molecule is CC(C)=CCOc1cccc(C(=O)NCC(C)(C)CCO)c1. The number of amides is 1. The Balaban J connectivity index is 2.60. The third kappa shape index (κ3) is 6.76. The summed E-state index contributed by atoms with van der Waals surface area (Å²) in [4.78, 5) is 12.2. The lowest BCUT2D eigenvalue weighted by Gasteiger charge is -2.23. The van der Waals surface area contributed by atoms with E-state index in [0.717, 1.165) is 0 Å². The Kier molecular flexibility index (Phi) is 7.12. The fourth-order valence-electron chi connectivity index (χ4n) is 1.84. The minimum atomic E-state index is -0.126. The van der Waals surface area contributed by atoms with E-state index in [2.05, 4.69) is 5.32 Å². The molecule has 2 N–H and O–H groups in total. The molecule has 1 rings (SSSR count). The highest BCUT2D eigenvalue weighted by atomic mass is 16.5. The summed E-state index contributed by atoms with van der Waals surface area (Å²) >= 11 is 0. The summed E-state index contributed by atoms with van der Waals surface area (Å²) in [6.45, 7) is 9.20. The Morgan fingerprint density at radius 1 is 1.36 bits per heavy atom. The van der Waals surface area contributed by atoms with Gasteiger partial charge in [-0.2, -0.15) is 0 Å².